The average molecular weight is 261 g/mol. The Morgan fingerprint density at radius 2 is 2.28 bits per heavy atom. The molecule has 0 radical (unpaired) electrons. The van der Waals surface area contributed by atoms with Gasteiger partial charge in [0, 0.05) is 18.0 Å². The van der Waals surface area contributed by atoms with Gasteiger partial charge in [0.05, 0.1) is 6.42 Å². The monoisotopic (exact) mass is 261 g/mol. The number of allylic oxidation sites excluding steroid dienone is 2. The zero-order chi connectivity index (χ0) is 12.5. The maximum Gasteiger partial charge on any atom is 0.227 e. The third-order valence-corrected chi connectivity index (χ3v) is 5.06. The first-order valence-corrected chi connectivity index (χ1v) is 7.56. The summed E-state index contributed by atoms with van der Waals surface area (Å²) in [5, 5.41) is 2.04. The number of thiophene rings is 1. The van der Waals surface area contributed by atoms with Crippen molar-refractivity contribution in [2.24, 2.45) is 11.8 Å². The van der Waals surface area contributed by atoms with E-state index in [1.54, 1.807) is 11.3 Å². The summed E-state index contributed by atoms with van der Waals surface area (Å²) in [6.07, 6.45) is 5.30. The van der Waals surface area contributed by atoms with E-state index in [9.17, 15) is 4.79 Å². The lowest BCUT2D eigenvalue weighted by Crippen LogP contribution is -2.30. The molecule has 2 nitrogen and oxygen atoms in total. The summed E-state index contributed by atoms with van der Waals surface area (Å²) >= 11 is 1.68. The highest BCUT2D eigenvalue weighted by atomic mass is 32.1. The van der Waals surface area contributed by atoms with Crippen molar-refractivity contribution in [3.63, 3.8) is 0 Å². The molecule has 0 N–H and O–H groups in total. The Bertz CT molecular complexity index is 463. The minimum absolute atomic E-state index is 0.310. The van der Waals surface area contributed by atoms with Gasteiger partial charge in [-0.05, 0) is 43.0 Å². The third-order valence-electron chi connectivity index (χ3n) is 4.19. The van der Waals surface area contributed by atoms with Crippen LogP contribution >= 0.6 is 11.3 Å². The molecule has 18 heavy (non-hydrogen) atoms. The van der Waals surface area contributed by atoms with Gasteiger partial charge in [-0.3, -0.25) is 4.79 Å². The van der Waals surface area contributed by atoms with Gasteiger partial charge >= 0.3 is 0 Å². The molecular formula is C15H19NOS. The fraction of sp³-hybridized carbons (Fsp3) is 0.533. The molecule has 1 aliphatic heterocycles. The van der Waals surface area contributed by atoms with E-state index in [1.165, 1.54) is 23.3 Å². The summed E-state index contributed by atoms with van der Waals surface area (Å²) < 4.78 is 0. The summed E-state index contributed by atoms with van der Waals surface area (Å²) in [6.45, 7) is 4.16. The van der Waals surface area contributed by atoms with Crippen LogP contribution in [0.3, 0.4) is 0 Å². The molecule has 1 aromatic heterocycles. The summed E-state index contributed by atoms with van der Waals surface area (Å²) in [6, 6.07) is 4.07. The number of nitrogens with zero attached hydrogens (tertiary/aromatic N) is 1. The van der Waals surface area contributed by atoms with Crippen molar-refractivity contribution in [3.8, 4) is 0 Å². The lowest BCUT2D eigenvalue weighted by Gasteiger charge is -2.21. The highest BCUT2D eigenvalue weighted by Crippen LogP contribution is 2.35. The van der Waals surface area contributed by atoms with Crippen molar-refractivity contribution in [1.29, 1.82) is 0 Å². The van der Waals surface area contributed by atoms with Gasteiger partial charge in [-0.1, -0.05) is 17.7 Å². The number of amides is 1. The maximum atomic E-state index is 12.3. The maximum absolute atomic E-state index is 12.3. The normalized spacial score (nSPS) is 26.9. The van der Waals surface area contributed by atoms with E-state index in [4.69, 9.17) is 0 Å². The minimum atomic E-state index is 0.310. The second-order valence-corrected chi connectivity index (χ2v) is 6.60. The number of likely N-dealkylation sites (tertiary alicyclic amines) is 1. The van der Waals surface area contributed by atoms with Gasteiger partial charge in [-0.25, -0.2) is 0 Å². The van der Waals surface area contributed by atoms with E-state index in [-0.39, 0.29) is 0 Å². The summed E-state index contributed by atoms with van der Waals surface area (Å²) in [4.78, 5) is 15.5. The predicted molar refractivity (Wildman–Crippen MR) is 74.6 cm³/mol. The molecule has 0 aromatic carbocycles. The molecule has 1 aliphatic carbocycles. The van der Waals surface area contributed by atoms with Gasteiger partial charge in [-0.2, -0.15) is 0 Å². The van der Waals surface area contributed by atoms with Crippen molar-refractivity contribution in [1.82, 2.24) is 4.90 Å². The van der Waals surface area contributed by atoms with E-state index in [1.807, 2.05) is 11.4 Å². The second-order valence-electron chi connectivity index (χ2n) is 5.57. The van der Waals surface area contributed by atoms with Crippen LogP contribution in [0.1, 0.15) is 24.6 Å². The Hall–Kier alpha value is -1.09. The quantitative estimate of drug-likeness (QED) is 0.749. The highest BCUT2D eigenvalue weighted by molar-refractivity contribution is 7.10. The van der Waals surface area contributed by atoms with E-state index in [0.717, 1.165) is 13.1 Å². The predicted octanol–water partition coefficient (Wildman–Crippen LogP) is 3.11. The first-order valence-electron chi connectivity index (χ1n) is 6.68. The molecule has 2 aliphatic rings. The average Bonchev–Trinajstić information content (AvgIpc) is 2.96. The number of hydrogen-bond donors (Lipinski definition) is 0. The zero-order valence-electron chi connectivity index (χ0n) is 10.8. The highest BCUT2D eigenvalue weighted by Gasteiger charge is 2.35. The van der Waals surface area contributed by atoms with Gasteiger partial charge in [0.25, 0.3) is 0 Å². The van der Waals surface area contributed by atoms with Gasteiger partial charge in [-0.15, -0.1) is 11.3 Å². The zero-order valence-corrected chi connectivity index (χ0v) is 11.6. The molecule has 3 heteroatoms. The van der Waals surface area contributed by atoms with E-state index >= 15 is 0 Å². The van der Waals surface area contributed by atoms with Gasteiger partial charge in [0.2, 0.25) is 5.91 Å². The van der Waals surface area contributed by atoms with Crippen molar-refractivity contribution in [2.45, 2.75) is 26.2 Å². The molecule has 0 bridgehead atoms. The van der Waals surface area contributed by atoms with E-state index in [2.05, 4.69) is 24.0 Å². The van der Waals surface area contributed by atoms with Crippen molar-refractivity contribution < 1.29 is 4.79 Å². The smallest absolute Gasteiger partial charge is 0.227 e. The third kappa shape index (κ3) is 2.37. The molecule has 1 amide bonds. The number of carbonyl (C=O) groups is 1. The molecule has 3 rings (SSSR count). The molecule has 2 heterocycles. The first kappa shape index (κ1) is 12.0. The molecule has 1 aromatic rings. The fourth-order valence-corrected chi connectivity index (χ4v) is 3.86. The molecule has 0 spiro atoms. The number of hydrogen-bond acceptors (Lipinski definition) is 2. The fourth-order valence-electron chi connectivity index (χ4n) is 3.16. The van der Waals surface area contributed by atoms with Crippen molar-refractivity contribution >= 4 is 17.2 Å². The largest absolute Gasteiger partial charge is 0.342 e. The molecule has 2 atom stereocenters. The Labute approximate surface area is 112 Å². The van der Waals surface area contributed by atoms with Crippen LogP contribution in [0.2, 0.25) is 0 Å². The van der Waals surface area contributed by atoms with Gasteiger partial charge in [0.1, 0.15) is 0 Å². The van der Waals surface area contributed by atoms with Crippen molar-refractivity contribution in [3.05, 3.63) is 34.0 Å². The molecule has 0 unspecified atom stereocenters. The summed E-state index contributed by atoms with van der Waals surface area (Å²) in [7, 11) is 0. The van der Waals surface area contributed by atoms with E-state index in [0.29, 0.717) is 24.2 Å². The number of fused-ring (bicyclic) bond motifs is 1. The Balaban J connectivity index is 1.61. The first-order chi connectivity index (χ1) is 8.72. The van der Waals surface area contributed by atoms with Crippen LogP contribution in [0, 0.1) is 11.8 Å². The summed E-state index contributed by atoms with van der Waals surface area (Å²) in [5.41, 5.74) is 1.50. The molecule has 0 saturated carbocycles. The van der Waals surface area contributed by atoms with Gasteiger partial charge in [0.15, 0.2) is 0 Å². The second kappa shape index (κ2) is 4.88. The van der Waals surface area contributed by atoms with Crippen LogP contribution < -0.4 is 0 Å². The van der Waals surface area contributed by atoms with Crippen LogP contribution in [0.4, 0.5) is 0 Å². The van der Waals surface area contributed by atoms with Crippen LogP contribution in [0.5, 0.6) is 0 Å². The van der Waals surface area contributed by atoms with Crippen LogP contribution in [-0.2, 0) is 11.2 Å². The molecular weight excluding hydrogens is 242 g/mol. The number of carbonyl (C=O) groups excluding carboxylic acids is 1. The summed E-state index contributed by atoms with van der Waals surface area (Å²) in [5.74, 6) is 1.73. The Morgan fingerprint density at radius 3 is 3.06 bits per heavy atom. The standard InChI is InChI=1S/C15H19NOS/c1-11-4-5-12-9-16(10-13(12)7-11)15(17)8-14-3-2-6-18-14/h2-4,6,12-13H,5,7-10H2,1H3/t12-,13+/m0/s1. The topological polar surface area (TPSA) is 20.3 Å². The van der Waals surface area contributed by atoms with E-state index < -0.39 is 0 Å². The molecule has 1 saturated heterocycles. The van der Waals surface area contributed by atoms with Crippen LogP contribution in [0.15, 0.2) is 29.2 Å². The molecule has 1 fully saturated rings. The minimum Gasteiger partial charge on any atom is -0.342 e. The van der Waals surface area contributed by atoms with Crippen LogP contribution in [-0.4, -0.2) is 23.9 Å². The lowest BCUT2D eigenvalue weighted by atomic mass is 9.83. The lowest BCUT2D eigenvalue weighted by molar-refractivity contribution is -0.129. The SMILES string of the molecule is CC1=CC[C@H]2CN(C(=O)Cc3cccs3)C[C@H]2C1. The Kier molecular flexibility index (Phi) is 3.25. The van der Waals surface area contributed by atoms with Crippen molar-refractivity contribution in [2.75, 3.05) is 13.1 Å². The van der Waals surface area contributed by atoms with Gasteiger partial charge < -0.3 is 4.90 Å². The molecule has 96 valence electrons. The Morgan fingerprint density at radius 1 is 1.44 bits per heavy atom. The van der Waals surface area contributed by atoms with Crippen LogP contribution in [0.25, 0.3) is 0 Å². The number of rotatable bonds is 2.